The van der Waals surface area contributed by atoms with Crippen LogP contribution in [-0.2, 0) is 0 Å². The number of hydrogen-bond acceptors (Lipinski definition) is 3. The second-order valence-electron chi connectivity index (χ2n) is 6.93. The predicted molar refractivity (Wildman–Crippen MR) is 120 cm³/mol. The number of fused-ring (bicyclic) bond motifs is 2. The summed E-state index contributed by atoms with van der Waals surface area (Å²) in [5, 5.41) is 7.98. The molecule has 1 heterocycles. The van der Waals surface area contributed by atoms with Crippen molar-refractivity contribution in [3.05, 3.63) is 96.4 Å². The zero-order valence-corrected chi connectivity index (χ0v) is 16.4. The number of rotatable bonds is 3. The first-order chi connectivity index (χ1) is 14.2. The van der Waals surface area contributed by atoms with E-state index in [4.69, 9.17) is 15.9 Å². The Labute approximate surface area is 172 Å². The molecule has 140 valence electrons. The third-order valence-electron chi connectivity index (χ3n) is 4.89. The highest BCUT2D eigenvalue weighted by atomic mass is 32.1. The molecule has 0 bridgehead atoms. The second kappa shape index (κ2) is 7.08. The molecule has 0 aromatic heterocycles. The van der Waals surface area contributed by atoms with E-state index < -0.39 is 0 Å². The van der Waals surface area contributed by atoms with Gasteiger partial charge in [-0.05, 0) is 53.6 Å². The number of ether oxygens (including phenoxy) is 1. The van der Waals surface area contributed by atoms with Gasteiger partial charge in [0.25, 0.3) is 0 Å². The molecule has 0 amide bonds. The van der Waals surface area contributed by atoms with Crippen LogP contribution in [0.2, 0.25) is 0 Å². The highest BCUT2D eigenvalue weighted by Crippen LogP contribution is 2.43. The average Bonchev–Trinajstić information content (AvgIpc) is 2.73. The predicted octanol–water partition coefficient (Wildman–Crippen LogP) is 4.71. The molecule has 3 aromatic carbocycles. The molecule has 4 heteroatoms. The minimum Gasteiger partial charge on any atom is -0.457 e. The van der Waals surface area contributed by atoms with Crippen LogP contribution in [0.1, 0.15) is 0 Å². The molecule has 0 unspecified atom stereocenters. The second-order valence-corrected chi connectivity index (χ2v) is 8.01. The Balaban J connectivity index is 1.66. The number of hydrogen-bond donors (Lipinski definition) is 2. The molecule has 1 aliphatic carbocycles. The summed E-state index contributed by atoms with van der Waals surface area (Å²) < 4.78 is 7.09. The average molecular weight is 396 g/mol. The van der Waals surface area contributed by atoms with Gasteiger partial charge in [0.05, 0.1) is 0 Å². The molecule has 0 spiro atoms. The summed E-state index contributed by atoms with van der Waals surface area (Å²) in [6.45, 7) is 0. The van der Waals surface area contributed by atoms with Crippen molar-refractivity contribution in [3.63, 3.8) is 0 Å². The van der Waals surface area contributed by atoms with Crippen molar-refractivity contribution in [2.75, 3.05) is 5.73 Å². The van der Waals surface area contributed by atoms with Crippen LogP contribution in [0.5, 0.6) is 11.5 Å². The molecular formula is C25H19N2OS+. The summed E-state index contributed by atoms with van der Waals surface area (Å²) >= 11 is 1.71. The van der Waals surface area contributed by atoms with Gasteiger partial charge in [0, 0.05) is 38.3 Å². The molecule has 0 atom stereocenters. The highest BCUT2D eigenvalue weighted by Gasteiger charge is 2.16. The minimum atomic E-state index is 0.759. The Kier molecular flexibility index (Phi) is 4.26. The lowest BCUT2D eigenvalue weighted by molar-refractivity contribution is -0.172. The van der Waals surface area contributed by atoms with E-state index in [0.717, 1.165) is 37.7 Å². The van der Waals surface area contributed by atoms with Crippen LogP contribution in [0, 0.1) is 0 Å². The van der Waals surface area contributed by atoms with E-state index in [-0.39, 0.29) is 0 Å². The van der Waals surface area contributed by atoms with Crippen LogP contribution in [0.3, 0.4) is 0 Å². The summed E-state index contributed by atoms with van der Waals surface area (Å²) in [4.78, 5) is 1.14. The third kappa shape index (κ3) is 3.35. The van der Waals surface area contributed by atoms with E-state index in [1.165, 1.54) is 16.5 Å². The van der Waals surface area contributed by atoms with Gasteiger partial charge in [-0.3, -0.25) is 5.41 Å². The molecule has 2 aliphatic rings. The monoisotopic (exact) mass is 395 g/mol. The van der Waals surface area contributed by atoms with Crippen LogP contribution >= 0.6 is 11.3 Å². The Hall–Kier alpha value is -3.63. The summed E-state index contributed by atoms with van der Waals surface area (Å²) in [6, 6.07) is 30.2. The van der Waals surface area contributed by atoms with Crippen molar-refractivity contribution in [1.82, 2.24) is 0 Å². The summed E-state index contributed by atoms with van der Waals surface area (Å²) in [5.41, 5.74) is 10.3. The quantitative estimate of drug-likeness (QED) is 0.343. The van der Waals surface area contributed by atoms with E-state index in [0.29, 0.717) is 0 Å². The van der Waals surface area contributed by atoms with E-state index in [1.54, 1.807) is 11.3 Å². The standard InChI is InChI=1S/C25H18N2OS/c26-17-8-12-21-23(14-17)29-24-15-18(27)9-13-22(24)25(21)16-6-10-20(11-7-16)28-19-4-2-1-3-5-19/h1-15,26H,27H2/p+1. The number of anilines is 1. The fourth-order valence-electron chi connectivity index (χ4n) is 3.55. The number of benzene rings is 4. The maximum Gasteiger partial charge on any atom is 0.198 e. The molecule has 1 aliphatic heterocycles. The normalized spacial score (nSPS) is 11.0. The SMILES string of the molecule is Nc1ccc2c(-c3ccc(Oc4ccccc4)cc3)c3ccc(=[NH2+])cc-3sc2c1. The molecule has 3 nitrogen and oxygen atoms in total. The number of nitrogen functional groups attached to an aromatic ring is 1. The Bertz CT molecular complexity index is 1340. The van der Waals surface area contributed by atoms with Crippen LogP contribution in [0.25, 0.3) is 31.7 Å². The molecule has 0 fully saturated rings. The van der Waals surface area contributed by atoms with Gasteiger partial charge in [-0.1, -0.05) is 36.4 Å². The van der Waals surface area contributed by atoms with Crippen LogP contribution in [-0.4, -0.2) is 0 Å². The highest BCUT2D eigenvalue weighted by molar-refractivity contribution is 7.21. The minimum absolute atomic E-state index is 0.759. The summed E-state index contributed by atoms with van der Waals surface area (Å²) in [7, 11) is 0. The van der Waals surface area contributed by atoms with E-state index in [9.17, 15) is 0 Å². The number of para-hydroxylation sites is 1. The molecule has 4 N–H and O–H groups in total. The number of nitrogens with two attached hydrogens (primary N) is 2. The van der Waals surface area contributed by atoms with Gasteiger partial charge in [0.1, 0.15) is 11.5 Å². The van der Waals surface area contributed by atoms with Gasteiger partial charge in [-0.15, -0.1) is 11.3 Å². The van der Waals surface area contributed by atoms with Crippen molar-refractivity contribution >= 4 is 27.1 Å². The molecule has 0 saturated carbocycles. The van der Waals surface area contributed by atoms with Crippen LogP contribution in [0.15, 0.2) is 91.0 Å². The molecule has 0 radical (unpaired) electrons. The third-order valence-corrected chi connectivity index (χ3v) is 6.01. The Morgan fingerprint density at radius 3 is 2.31 bits per heavy atom. The smallest absolute Gasteiger partial charge is 0.198 e. The fourth-order valence-corrected chi connectivity index (χ4v) is 4.74. The van der Waals surface area contributed by atoms with E-state index in [2.05, 4.69) is 24.3 Å². The summed E-state index contributed by atoms with van der Waals surface area (Å²) in [5.74, 6) is 1.63. The Morgan fingerprint density at radius 1 is 0.759 bits per heavy atom. The molecule has 3 aromatic rings. The molecule has 0 saturated heterocycles. The van der Waals surface area contributed by atoms with Gasteiger partial charge >= 0.3 is 0 Å². The largest absolute Gasteiger partial charge is 0.457 e. The van der Waals surface area contributed by atoms with Crippen LogP contribution in [0.4, 0.5) is 5.69 Å². The zero-order valence-electron chi connectivity index (χ0n) is 15.6. The topological polar surface area (TPSA) is 60.8 Å². The molecule has 29 heavy (non-hydrogen) atoms. The lowest BCUT2D eigenvalue weighted by Crippen LogP contribution is -2.44. The maximum atomic E-state index is 6.05. The van der Waals surface area contributed by atoms with Gasteiger partial charge in [0.15, 0.2) is 5.36 Å². The lowest BCUT2D eigenvalue weighted by Gasteiger charge is -2.16. The van der Waals surface area contributed by atoms with Gasteiger partial charge in [0.2, 0.25) is 0 Å². The first-order valence-electron chi connectivity index (χ1n) is 9.35. The molecule has 5 rings (SSSR count). The summed E-state index contributed by atoms with van der Waals surface area (Å²) in [6.07, 6.45) is 0. The van der Waals surface area contributed by atoms with Gasteiger partial charge in [-0.2, -0.15) is 0 Å². The van der Waals surface area contributed by atoms with Crippen molar-refractivity contribution in [3.8, 4) is 33.1 Å². The zero-order chi connectivity index (χ0) is 19.8. The van der Waals surface area contributed by atoms with Crippen molar-refractivity contribution in [2.24, 2.45) is 0 Å². The fraction of sp³-hybridized carbons (Fsp3) is 0. The van der Waals surface area contributed by atoms with Crippen molar-refractivity contribution < 1.29 is 10.1 Å². The van der Waals surface area contributed by atoms with Crippen molar-refractivity contribution in [2.45, 2.75) is 0 Å². The van der Waals surface area contributed by atoms with Crippen molar-refractivity contribution in [1.29, 1.82) is 0 Å². The Morgan fingerprint density at radius 2 is 1.52 bits per heavy atom. The molecular weight excluding hydrogens is 376 g/mol. The van der Waals surface area contributed by atoms with E-state index in [1.807, 2.05) is 66.7 Å². The maximum absolute atomic E-state index is 6.05. The first-order valence-corrected chi connectivity index (χ1v) is 10.2. The van der Waals surface area contributed by atoms with Gasteiger partial charge in [-0.25, -0.2) is 0 Å². The van der Waals surface area contributed by atoms with Crippen LogP contribution < -0.4 is 21.2 Å². The van der Waals surface area contributed by atoms with Gasteiger partial charge < -0.3 is 10.5 Å². The first kappa shape index (κ1) is 17.5. The van der Waals surface area contributed by atoms with E-state index >= 15 is 0 Å². The lowest BCUT2D eigenvalue weighted by atomic mass is 9.95.